The highest BCUT2D eigenvalue weighted by molar-refractivity contribution is 6.05. The maximum absolute atomic E-state index is 12.1. The molecule has 6 nitrogen and oxygen atoms in total. The number of halogens is 3. The first-order chi connectivity index (χ1) is 13.0. The number of pyridine rings is 1. The molecule has 3 heterocycles. The number of benzene rings is 1. The molecule has 0 bridgehead atoms. The lowest BCUT2D eigenvalue weighted by Crippen LogP contribution is -2.19. The van der Waals surface area contributed by atoms with Crippen LogP contribution in [0.3, 0.4) is 0 Å². The van der Waals surface area contributed by atoms with Crippen LogP contribution in [0, 0.1) is 0 Å². The highest BCUT2D eigenvalue weighted by atomic mass is 19.4. The summed E-state index contributed by atoms with van der Waals surface area (Å²) in [5.74, 6) is 0.436. The summed E-state index contributed by atoms with van der Waals surface area (Å²) in [4.78, 5) is 12.3. The van der Waals surface area contributed by atoms with Gasteiger partial charge in [-0.3, -0.25) is 0 Å². The van der Waals surface area contributed by atoms with Gasteiger partial charge in [0.15, 0.2) is 18.0 Å². The van der Waals surface area contributed by atoms with Gasteiger partial charge in [0.05, 0.1) is 0 Å². The normalized spacial score (nSPS) is 11.8. The molecule has 138 valence electrons. The van der Waals surface area contributed by atoms with E-state index >= 15 is 0 Å². The first-order valence-electron chi connectivity index (χ1n) is 8.00. The van der Waals surface area contributed by atoms with Crippen molar-refractivity contribution in [1.29, 1.82) is 0 Å². The number of nitrogens with one attached hydrogen (secondary N) is 1. The van der Waals surface area contributed by atoms with Crippen LogP contribution in [0.4, 0.5) is 19.0 Å². The summed E-state index contributed by atoms with van der Waals surface area (Å²) >= 11 is 0. The first-order valence-corrected chi connectivity index (χ1v) is 8.00. The minimum absolute atomic E-state index is 0.0854. The lowest BCUT2D eigenvalue weighted by molar-refractivity contribution is -0.154. The summed E-state index contributed by atoms with van der Waals surface area (Å²) in [7, 11) is 0. The summed E-state index contributed by atoms with van der Waals surface area (Å²) < 4.78 is 46.9. The number of anilines is 1. The van der Waals surface area contributed by atoms with Crippen LogP contribution >= 0.6 is 0 Å². The lowest BCUT2D eigenvalue weighted by Gasteiger charge is -2.09. The first kappa shape index (κ1) is 17.1. The van der Waals surface area contributed by atoms with Crippen molar-refractivity contribution in [1.82, 2.24) is 15.0 Å². The van der Waals surface area contributed by atoms with Crippen molar-refractivity contribution in [3.8, 4) is 5.88 Å². The zero-order chi connectivity index (χ0) is 18.9. The van der Waals surface area contributed by atoms with Crippen molar-refractivity contribution in [2.75, 3.05) is 11.9 Å². The predicted octanol–water partition coefficient (Wildman–Crippen LogP) is 4.32. The molecule has 0 radical (unpaired) electrons. The molecule has 0 saturated carbocycles. The van der Waals surface area contributed by atoms with Crippen LogP contribution in [0.2, 0.25) is 0 Å². The van der Waals surface area contributed by atoms with Gasteiger partial charge in [0.25, 0.3) is 0 Å². The van der Waals surface area contributed by atoms with Crippen molar-refractivity contribution < 1.29 is 22.3 Å². The molecule has 0 atom stereocenters. The zero-order valence-corrected chi connectivity index (χ0v) is 13.8. The number of hydrogen-bond donors (Lipinski definition) is 1. The van der Waals surface area contributed by atoms with Gasteiger partial charge in [-0.25, -0.2) is 15.0 Å². The summed E-state index contributed by atoms with van der Waals surface area (Å²) in [6.45, 7) is -1.02. The zero-order valence-electron chi connectivity index (χ0n) is 13.8. The van der Waals surface area contributed by atoms with E-state index in [0.29, 0.717) is 29.0 Å². The molecule has 1 aromatic carbocycles. The van der Waals surface area contributed by atoms with Crippen molar-refractivity contribution in [3.63, 3.8) is 0 Å². The van der Waals surface area contributed by atoms with E-state index in [9.17, 15) is 13.2 Å². The van der Waals surface area contributed by atoms with Gasteiger partial charge in [-0.05, 0) is 17.7 Å². The van der Waals surface area contributed by atoms with Crippen LogP contribution in [0.5, 0.6) is 5.88 Å². The smallest absolute Gasteiger partial charge is 0.422 e. The largest absolute Gasteiger partial charge is 0.468 e. The monoisotopic (exact) mass is 374 g/mol. The van der Waals surface area contributed by atoms with E-state index in [1.54, 1.807) is 6.07 Å². The molecule has 0 amide bonds. The number of hydrogen-bond acceptors (Lipinski definition) is 6. The van der Waals surface area contributed by atoms with Crippen molar-refractivity contribution in [2.24, 2.45) is 0 Å². The Hall–Kier alpha value is -3.36. The summed E-state index contributed by atoms with van der Waals surface area (Å²) in [6.07, 6.45) is -1.51. The van der Waals surface area contributed by atoms with Gasteiger partial charge in [-0.2, -0.15) is 13.2 Å². The molecular weight excluding hydrogens is 361 g/mol. The molecule has 0 aliphatic carbocycles. The molecule has 27 heavy (non-hydrogen) atoms. The molecule has 4 rings (SSSR count). The molecule has 1 N–H and O–H groups in total. The number of aromatic nitrogens is 3. The minimum Gasteiger partial charge on any atom is -0.468 e. The molecule has 0 unspecified atom stereocenters. The Kier molecular flexibility index (Phi) is 4.27. The second kappa shape index (κ2) is 6.75. The summed E-state index contributed by atoms with van der Waals surface area (Å²) in [5, 5.41) is 4.03. The van der Waals surface area contributed by atoms with E-state index in [2.05, 4.69) is 25.0 Å². The number of ether oxygens (including phenoxy) is 1. The fraction of sp³-hybridized carbons (Fsp3) is 0.167. The third-order valence-corrected chi connectivity index (χ3v) is 3.80. The highest BCUT2D eigenvalue weighted by Crippen LogP contribution is 2.30. The maximum atomic E-state index is 12.1. The quantitative estimate of drug-likeness (QED) is 0.561. The Labute approximate surface area is 151 Å². The number of alkyl halides is 3. The second-order valence-corrected chi connectivity index (χ2v) is 5.76. The minimum atomic E-state index is -4.40. The molecule has 3 aromatic heterocycles. The topological polar surface area (TPSA) is 73.1 Å². The molecule has 0 aliphatic rings. The van der Waals surface area contributed by atoms with Gasteiger partial charge in [-0.15, -0.1) is 0 Å². The summed E-state index contributed by atoms with van der Waals surface area (Å²) in [6, 6.07) is 10.6. The Bertz CT molecular complexity index is 1080. The van der Waals surface area contributed by atoms with Crippen LogP contribution in [-0.2, 0) is 6.54 Å². The van der Waals surface area contributed by atoms with E-state index in [1.807, 2.05) is 24.3 Å². The number of para-hydroxylation sites is 1. The lowest BCUT2D eigenvalue weighted by atomic mass is 10.2. The summed E-state index contributed by atoms with van der Waals surface area (Å²) in [5.41, 5.74) is 2.70. The third-order valence-electron chi connectivity index (χ3n) is 3.80. The van der Waals surface area contributed by atoms with Gasteiger partial charge in [-0.1, -0.05) is 18.2 Å². The van der Waals surface area contributed by atoms with E-state index in [1.165, 1.54) is 18.6 Å². The van der Waals surface area contributed by atoms with Crippen molar-refractivity contribution in [2.45, 2.75) is 12.7 Å². The maximum Gasteiger partial charge on any atom is 0.422 e. The molecule has 0 aliphatic heterocycles. The Morgan fingerprint density at radius 1 is 1.04 bits per heavy atom. The van der Waals surface area contributed by atoms with E-state index < -0.39 is 12.8 Å². The number of fused-ring (bicyclic) bond motifs is 3. The van der Waals surface area contributed by atoms with Gasteiger partial charge in [0.2, 0.25) is 5.88 Å². The molecule has 0 fully saturated rings. The standard InChI is InChI=1S/C18H13F3N4O2/c19-18(20,21)9-26-14-6-5-11(7-22-14)8-23-17-16-15(24-10-25-17)12-3-1-2-4-13(12)27-16/h1-7,10H,8-9H2,(H,23,24,25). The predicted molar refractivity (Wildman–Crippen MR) is 92.4 cm³/mol. The Balaban J connectivity index is 1.49. The van der Waals surface area contributed by atoms with Crippen LogP contribution in [0.1, 0.15) is 5.56 Å². The number of rotatable bonds is 5. The molecule has 4 aromatic rings. The van der Waals surface area contributed by atoms with Crippen LogP contribution < -0.4 is 10.1 Å². The van der Waals surface area contributed by atoms with E-state index in [0.717, 1.165) is 10.9 Å². The van der Waals surface area contributed by atoms with Gasteiger partial charge in [0.1, 0.15) is 17.4 Å². The molecule has 0 spiro atoms. The van der Waals surface area contributed by atoms with Crippen molar-refractivity contribution >= 4 is 27.9 Å². The average molecular weight is 374 g/mol. The molecule has 0 saturated heterocycles. The molecule has 9 heteroatoms. The number of nitrogens with zero attached hydrogens (tertiary/aromatic N) is 3. The third kappa shape index (κ3) is 3.76. The molecular formula is C18H13F3N4O2. The van der Waals surface area contributed by atoms with Gasteiger partial charge in [0, 0.05) is 24.2 Å². The second-order valence-electron chi connectivity index (χ2n) is 5.76. The average Bonchev–Trinajstić information content (AvgIpc) is 3.04. The Morgan fingerprint density at radius 3 is 2.67 bits per heavy atom. The van der Waals surface area contributed by atoms with Gasteiger partial charge < -0.3 is 14.5 Å². The van der Waals surface area contributed by atoms with Crippen LogP contribution in [0.15, 0.2) is 53.3 Å². The van der Waals surface area contributed by atoms with E-state index in [-0.39, 0.29) is 5.88 Å². The van der Waals surface area contributed by atoms with Gasteiger partial charge >= 0.3 is 6.18 Å². The van der Waals surface area contributed by atoms with Crippen LogP contribution in [-0.4, -0.2) is 27.7 Å². The fourth-order valence-corrected chi connectivity index (χ4v) is 2.59. The van der Waals surface area contributed by atoms with Crippen LogP contribution in [0.25, 0.3) is 22.1 Å². The SMILES string of the molecule is FC(F)(F)COc1ccc(CNc2ncnc3c2oc2ccccc23)cn1. The van der Waals surface area contributed by atoms with Crippen molar-refractivity contribution in [3.05, 3.63) is 54.5 Å². The fourth-order valence-electron chi connectivity index (χ4n) is 2.59. The Morgan fingerprint density at radius 2 is 1.89 bits per heavy atom. The number of furan rings is 1. The van der Waals surface area contributed by atoms with E-state index in [4.69, 9.17) is 4.42 Å². The highest BCUT2D eigenvalue weighted by Gasteiger charge is 2.28.